The Bertz CT molecular complexity index is 385. The number of rotatable bonds is 3. The molecule has 0 spiro atoms. The Morgan fingerprint density at radius 2 is 2.00 bits per heavy atom. The van der Waals surface area contributed by atoms with E-state index >= 15 is 0 Å². The fraction of sp³-hybridized carbons (Fsp3) is 0.100. The molecule has 0 aromatic heterocycles. The van der Waals surface area contributed by atoms with E-state index < -0.39 is 5.91 Å². The molecule has 0 fully saturated rings. The van der Waals surface area contributed by atoms with Crippen molar-refractivity contribution < 1.29 is 15.0 Å². The number of benzene rings is 1. The predicted octanol–water partition coefficient (Wildman–Crippen LogP) is 0.925. The molecule has 1 aromatic carbocycles. The van der Waals surface area contributed by atoms with E-state index in [4.69, 9.17) is 5.73 Å². The zero-order valence-electron chi connectivity index (χ0n) is 7.53. The molecular formula is C10H11NO3. The number of hydrogen-bond acceptors (Lipinski definition) is 3. The average molecular weight is 193 g/mol. The molecule has 0 atom stereocenters. The molecule has 4 N–H and O–H groups in total. The fourth-order valence-corrected chi connectivity index (χ4v) is 1.25. The maximum Gasteiger partial charge on any atom is 0.252 e. The molecule has 0 aliphatic heterocycles. The number of hydrogen-bond donors (Lipinski definition) is 3. The number of phenols is 2. The number of phenolic OH excluding ortho intramolecular Hbond substituents is 1. The normalized spacial score (nSPS) is 9.71. The second-order valence-electron chi connectivity index (χ2n) is 2.81. The summed E-state index contributed by atoms with van der Waals surface area (Å²) >= 11 is 0. The molecular weight excluding hydrogens is 182 g/mol. The minimum Gasteiger partial charge on any atom is -0.508 e. The van der Waals surface area contributed by atoms with Crippen LogP contribution in [0, 0.1) is 0 Å². The number of allylic oxidation sites excluding steroid dienone is 1. The van der Waals surface area contributed by atoms with Crippen molar-refractivity contribution >= 4 is 5.91 Å². The van der Waals surface area contributed by atoms with Crippen molar-refractivity contribution in [2.24, 2.45) is 5.73 Å². The summed E-state index contributed by atoms with van der Waals surface area (Å²) in [7, 11) is 0. The fourth-order valence-electron chi connectivity index (χ4n) is 1.25. The Morgan fingerprint density at radius 1 is 1.43 bits per heavy atom. The summed E-state index contributed by atoms with van der Waals surface area (Å²) in [6, 6.07) is 2.53. The zero-order chi connectivity index (χ0) is 10.7. The van der Waals surface area contributed by atoms with E-state index in [0.29, 0.717) is 5.56 Å². The molecule has 0 saturated heterocycles. The van der Waals surface area contributed by atoms with Crippen LogP contribution < -0.4 is 5.73 Å². The van der Waals surface area contributed by atoms with Crippen molar-refractivity contribution in [1.29, 1.82) is 0 Å². The van der Waals surface area contributed by atoms with Gasteiger partial charge >= 0.3 is 0 Å². The van der Waals surface area contributed by atoms with Crippen LogP contribution >= 0.6 is 0 Å². The van der Waals surface area contributed by atoms with Gasteiger partial charge in [0.1, 0.15) is 11.5 Å². The minimum absolute atomic E-state index is 0.0510. The van der Waals surface area contributed by atoms with E-state index in [1.54, 1.807) is 0 Å². The Balaban J connectivity index is 3.40. The van der Waals surface area contributed by atoms with Gasteiger partial charge in [0.2, 0.25) is 0 Å². The molecule has 14 heavy (non-hydrogen) atoms. The Hall–Kier alpha value is -1.97. The van der Waals surface area contributed by atoms with Crippen LogP contribution in [0.25, 0.3) is 0 Å². The van der Waals surface area contributed by atoms with E-state index in [1.165, 1.54) is 18.2 Å². The van der Waals surface area contributed by atoms with E-state index in [-0.39, 0.29) is 23.5 Å². The van der Waals surface area contributed by atoms with Gasteiger partial charge in [0, 0.05) is 5.56 Å². The van der Waals surface area contributed by atoms with Crippen LogP contribution in [0.3, 0.4) is 0 Å². The van der Waals surface area contributed by atoms with Crippen LogP contribution in [0.2, 0.25) is 0 Å². The van der Waals surface area contributed by atoms with Crippen molar-refractivity contribution in [1.82, 2.24) is 0 Å². The van der Waals surface area contributed by atoms with Gasteiger partial charge in [0.05, 0.1) is 5.56 Å². The average Bonchev–Trinajstić information content (AvgIpc) is 2.11. The molecule has 0 unspecified atom stereocenters. The van der Waals surface area contributed by atoms with Crippen LogP contribution in [0.5, 0.6) is 11.5 Å². The van der Waals surface area contributed by atoms with Gasteiger partial charge in [-0.25, -0.2) is 0 Å². The molecule has 1 aromatic rings. The maximum absolute atomic E-state index is 11.0. The van der Waals surface area contributed by atoms with Gasteiger partial charge in [0.25, 0.3) is 5.91 Å². The van der Waals surface area contributed by atoms with Crippen LogP contribution in [0.1, 0.15) is 15.9 Å². The molecule has 1 rings (SSSR count). The first-order valence-corrected chi connectivity index (χ1v) is 4.02. The van der Waals surface area contributed by atoms with E-state index in [9.17, 15) is 15.0 Å². The molecule has 1 amide bonds. The van der Waals surface area contributed by atoms with Gasteiger partial charge in [-0.3, -0.25) is 4.79 Å². The lowest BCUT2D eigenvalue weighted by atomic mass is 10.0. The summed E-state index contributed by atoms with van der Waals surface area (Å²) in [6.07, 6.45) is 1.79. The first kappa shape index (κ1) is 10.1. The maximum atomic E-state index is 11.0. The summed E-state index contributed by atoms with van der Waals surface area (Å²) in [6.45, 7) is 3.48. The summed E-state index contributed by atoms with van der Waals surface area (Å²) < 4.78 is 0. The van der Waals surface area contributed by atoms with Crippen molar-refractivity contribution in [3.63, 3.8) is 0 Å². The lowest BCUT2D eigenvalue weighted by Crippen LogP contribution is -2.14. The van der Waals surface area contributed by atoms with Crippen LogP contribution in [0.4, 0.5) is 0 Å². The van der Waals surface area contributed by atoms with Gasteiger partial charge < -0.3 is 15.9 Å². The van der Waals surface area contributed by atoms with Gasteiger partial charge in [-0.05, 0) is 18.6 Å². The monoisotopic (exact) mass is 193 g/mol. The highest BCUT2D eigenvalue weighted by atomic mass is 16.3. The smallest absolute Gasteiger partial charge is 0.252 e. The van der Waals surface area contributed by atoms with Crippen molar-refractivity contribution in [2.75, 3.05) is 0 Å². The first-order chi connectivity index (χ1) is 6.57. The largest absolute Gasteiger partial charge is 0.508 e. The number of aromatic hydroxyl groups is 2. The zero-order valence-corrected chi connectivity index (χ0v) is 7.53. The Labute approximate surface area is 81.3 Å². The van der Waals surface area contributed by atoms with Crippen molar-refractivity contribution in [2.45, 2.75) is 6.42 Å². The van der Waals surface area contributed by atoms with Gasteiger partial charge in [0.15, 0.2) is 0 Å². The second-order valence-corrected chi connectivity index (χ2v) is 2.81. The van der Waals surface area contributed by atoms with Crippen molar-refractivity contribution in [3.05, 3.63) is 35.9 Å². The molecule has 4 heteroatoms. The molecule has 74 valence electrons. The molecule has 0 aliphatic rings. The predicted molar refractivity (Wildman–Crippen MR) is 52.2 cm³/mol. The molecule has 0 bridgehead atoms. The molecule has 0 heterocycles. The lowest BCUT2D eigenvalue weighted by molar-refractivity contribution is 0.0996. The Morgan fingerprint density at radius 3 is 2.50 bits per heavy atom. The molecule has 0 aliphatic carbocycles. The third-order valence-corrected chi connectivity index (χ3v) is 1.86. The molecule has 4 nitrogen and oxygen atoms in total. The topological polar surface area (TPSA) is 83.6 Å². The number of carbonyl (C=O) groups excluding carboxylic acids is 1. The van der Waals surface area contributed by atoms with Crippen LogP contribution in [0.15, 0.2) is 24.8 Å². The SMILES string of the molecule is C=CCc1c(O)ccc(O)c1C(N)=O. The molecule has 0 saturated carbocycles. The highest BCUT2D eigenvalue weighted by Crippen LogP contribution is 2.29. The number of amides is 1. The Kier molecular flexibility index (Phi) is 2.76. The van der Waals surface area contributed by atoms with E-state index in [0.717, 1.165) is 0 Å². The summed E-state index contributed by atoms with van der Waals surface area (Å²) in [4.78, 5) is 11.0. The second kappa shape index (κ2) is 3.83. The van der Waals surface area contributed by atoms with Gasteiger partial charge in [-0.1, -0.05) is 6.08 Å². The first-order valence-electron chi connectivity index (χ1n) is 4.02. The summed E-state index contributed by atoms with van der Waals surface area (Å²) in [5, 5.41) is 18.8. The summed E-state index contributed by atoms with van der Waals surface area (Å²) in [5.41, 5.74) is 5.32. The van der Waals surface area contributed by atoms with Gasteiger partial charge in [-0.15, -0.1) is 6.58 Å². The summed E-state index contributed by atoms with van der Waals surface area (Å²) in [5.74, 6) is -1.07. The van der Waals surface area contributed by atoms with Crippen LogP contribution in [-0.4, -0.2) is 16.1 Å². The number of primary amides is 1. The van der Waals surface area contributed by atoms with E-state index in [2.05, 4.69) is 6.58 Å². The lowest BCUT2D eigenvalue weighted by Gasteiger charge is -2.08. The van der Waals surface area contributed by atoms with Gasteiger partial charge in [-0.2, -0.15) is 0 Å². The van der Waals surface area contributed by atoms with Crippen molar-refractivity contribution in [3.8, 4) is 11.5 Å². The number of carbonyl (C=O) groups is 1. The highest BCUT2D eigenvalue weighted by Gasteiger charge is 2.15. The highest BCUT2D eigenvalue weighted by molar-refractivity contribution is 5.97. The molecule has 0 radical (unpaired) electrons. The van der Waals surface area contributed by atoms with Crippen LogP contribution in [-0.2, 0) is 6.42 Å². The quantitative estimate of drug-likeness (QED) is 0.493. The standard InChI is InChI=1S/C10H11NO3/c1-2-3-6-7(12)4-5-8(13)9(6)10(11)14/h2,4-5,12-13H,1,3H2,(H2,11,14). The van der Waals surface area contributed by atoms with E-state index in [1.807, 2.05) is 0 Å². The third kappa shape index (κ3) is 1.69. The minimum atomic E-state index is -0.768. The third-order valence-electron chi connectivity index (χ3n) is 1.86. The number of nitrogens with two attached hydrogens (primary N) is 1.